The van der Waals surface area contributed by atoms with E-state index >= 15 is 0 Å². The van der Waals surface area contributed by atoms with E-state index in [9.17, 15) is 0 Å². The lowest BCUT2D eigenvalue weighted by atomic mass is 10.1. The average molecular weight is 192 g/mol. The van der Waals surface area contributed by atoms with Gasteiger partial charge >= 0.3 is 0 Å². The topological polar surface area (TPSA) is 15.7 Å². The molecule has 1 heterocycles. The lowest BCUT2D eigenvalue weighted by Gasteiger charge is -2.36. The van der Waals surface area contributed by atoms with Crippen LogP contribution in [0.2, 0.25) is 0 Å². The van der Waals surface area contributed by atoms with E-state index in [-0.39, 0.29) is 0 Å². The van der Waals surface area contributed by atoms with Gasteiger partial charge in [-0.15, -0.1) is 0 Å². The number of hydrazine groups is 1. The van der Waals surface area contributed by atoms with Crippen LogP contribution in [0.3, 0.4) is 0 Å². The van der Waals surface area contributed by atoms with E-state index in [4.69, 9.17) is 4.74 Å². The lowest BCUT2D eigenvalue weighted by molar-refractivity contribution is 0.306. The van der Waals surface area contributed by atoms with Crippen molar-refractivity contribution in [1.82, 2.24) is 5.01 Å². The average Bonchev–Trinajstić information content (AvgIpc) is 2.23. The fourth-order valence-electron chi connectivity index (χ4n) is 1.90. The highest BCUT2D eigenvalue weighted by atomic mass is 16.5. The van der Waals surface area contributed by atoms with Crippen LogP contribution in [-0.2, 0) is 6.42 Å². The molecule has 0 radical (unpaired) electrons. The van der Waals surface area contributed by atoms with Crippen LogP contribution in [-0.4, -0.2) is 32.8 Å². The minimum atomic E-state index is 0.955. The van der Waals surface area contributed by atoms with Gasteiger partial charge in [0.1, 0.15) is 5.75 Å². The van der Waals surface area contributed by atoms with Gasteiger partial charge in [0.05, 0.1) is 12.8 Å². The summed E-state index contributed by atoms with van der Waals surface area (Å²) in [5, 5.41) is 4.35. The second kappa shape index (κ2) is 3.50. The largest absolute Gasteiger partial charge is 0.495 e. The Morgan fingerprint density at radius 3 is 2.79 bits per heavy atom. The summed E-state index contributed by atoms with van der Waals surface area (Å²) in [6, 6.07) is 6.23. The highest BCUT2D eigenvalue weighted by molar-refractivity contribution is 5.64. The molecule has 0 saturated carbocycles. The second-order valence-electron chi connectivity index (χ2n) is 3.62. The first-order chi connectivity index (χ1) is 6.74. The van der Waals surface area contributed by atoms with E-state index in [2.05, 4.69) is 36.2 Å². The highest BCUT2D eigenvalue weighted by Crippen LogP contribution is 2.34. The molecule has 0 atom stereocenters. The molecular formula is C11H16N2O. The molecule has 0 N–H and O–H groups in total. The van der Waals surface area contributed by atoms with E-state index in [0.717, 1.165) is 18.7 Å². The molecule has 2 rings (SSSR count). The molecule has 1 aromatic rings. The zero-order chi connectivity index (χ0) is 10.1. The molecular weight excluding hydrogens is 176 g/mol. The number of para-hydroxylation sites is 1. The number of nitrogens with zero attached hydrogens (tertiary/aromatic N) is 2. The number of ether oxygens (including phenoxy) is 1. The summed E-state index contributed by atoms with van der Waals surface area (Å²) in [7, 11) is 5.88. The van der Waals surface area contributed by atoms with Gasteiger partial charge < -0.3 is 9.75 Å². The Hall–Kier alpha value is -1.22. The number of rotatable bonds is 1. The molecule has 76 valence electrons. The fourth-order valence-corrected chi connectivity index (χ4v) is 1.90. The Balaban J connectivity index is 2.49. The van der Waals surface area contributed by atoms with Crippen molar-refractivity contribution in [1.29, 1.82) is 0 Å². The third-order valence-electron chi connectivity index (χ3n) is 2.84. The van der Waals surface area contributed by atoms with Crippen molar-refractivity contribution in [2.45, 2.75) is 6.42 Å². The van der Waals surface area contributed by atoms with Crippen LogP contribution in [0.15, 0.2) is 18.2 Å². The van der Waals surface area contributed by atoms with Crippen molar-refractivity contribution >= 4 is 5.69 Å². The molecule has 0 spiro atoms. The van der Waals surface area contributed by atoms with Crippen LogP contribution in [0.5, 0.6) is 5.75 Å². The minimum Gasteiger partial charge on any atom is -0.495 e. The summed E-state index contributed by atoms with van der Waals surface area (Å²) in [5.41, 5.74) is 2.56. The first-order valence-electron chi connectivity index (χ1n) is 4.84. The highest BCUT2D eigenvalue weighted by Gasteiger charge is 2.21. The zero-order valence-corrected chi connectivity index (χ0v) is 8.95. The summed E-state index contributed by atoms with van der Waals surface area (Å²) >= 11 is 0. The van der Waals surface area contributed by atoms with E-state index < -0.39 is 0 Å². The van der Waals surface area contributed by atoms with E-state index in [0.29, 0.717) is 0 Å². The van der Waals surface area contributed by atoms with Gasteiger partial charge in [-0.2, -0.15) is 0 Å². The quantitative estimate of drug-likeness (QED) is 0.671. The predicted octanol–water partition coefficient (Wildman–Crippen LogP) is 1.53. The Bertz CT molecular complexity index is 324. The summed E-state index contributed by atoms with van der Waals surface area (Å²) in [6.45, 7) is 1.07. The van der Waals surface area contributed by atoms with Gasteiger partial charge in [0.25, 0.3) is 0 Å². The van der Waals surface area contributed by atoms with Gasteiger partial charge in [0.15, 0.2) is 0 Å². The maximum atomic E-state index is 5.36. The van der Waals surface area contributed by atoms with E-state index in [1.165, 1.54) is 11.3 Å². The Kier molecular flexibility index (Phi) is 2.33. The Morgan fingerprint density at radius 1 is 1.29 bits per heavy atom. The molecule has 0 aromatic heterocycles. The molecule has 0 bridgehead atoms. The molecule has 0 saturated heterocycles. The van der Waals surface area contributed by atoms with E-state index in [1.54, 1.807) is 7.11 Å². The number of hydrogen-bond acceptors (Lipinski definition) is 3. The maximum absolute atomic E-state index is 5.36. The molecule has 1 aromatic carbocycles. The molecule has 3 heteroatoms. The van der Waals surface area contributed by atoms with Crippen LogP contribution >= 0.6 is 0 Å². The normalized spacial score (nSPS) is 16.6. The SMILES string of the molecule is COc1cccc2c1N(C)N(C)CC2. The standard InChI is InChI=1S/C11H16N2O/c1-12-8-7-9-5-4-6-10(14-3)11(9)13(12)2/h4-6H,7-8H2,1-3H3. The molecule has 0 amide bonds. The fraction of sp³-hybridized carbons (Fsp3) is 0.455. The molecule has 1 aliphatic rings. The van der Waals surface area contributed by atoms with Crippen molar-refractivity contribution in [3.63, 3.8) is 0 Å². The third kappa shape index (κ3) is 1.34. The molecule has 0 unspecified atom stereocenters. The summed E-state index contributed by atoms with van der Waals surface area (Å²) in [6.07, 6.45) is 1.09. The molecule has 0 aliphatic carbocycles. The van der Waals surface area contributed by atoms with Crippen LogP contribution in [0.25, 0.3) is 0 Å². The van der Waals surface area contributed by atoms with Gasteiger partial charge in [-0.3, -0.25) is 0 Å². The first kappa shape index (κ1) is 9.34. The number of hydrogen-bond donors (Lipinski definition) is 0. The molecule has 1 aliphatic heterocycles. The van der Waals surface area contributed by atoms with Gasteiger partial charge in [0, 0.05) is 20.6 Å². The van der Waals surface area contributed by atoms with Gasteiger partial charge in [0.2, 0.25) is 0 Å². The van der Waals surface area contributed by atoms with Crippen molar-refractivity contribution in [2.24, 2.45) is 0 Å². The summed E-state index contributed by atoms with van der Waals surface area (Å²) < 4.78 is 5.36. The van der Waals surface area contributed by atoms with Crippen LogP contribution in [0.4, 0.5) is 5.69 Å². The zero-order valence-electron chi connectivity index (χ0n) is 8.95. The Morgan fingerprint density at radius 2 is 2.07 bits per heavy atom. The molecule has 14 heavy (non-hydrogen) atoms. The van der Waals surface area contributed by atoms with E-state index in [1.807, 2.05) is 6.07 Å². The predicted molar refractivity (Wildman–Crippen MR) is 57.7 cm³/mol. The lowest BCUT2D eigenvalue weighted by Crippen LogP contribution is -2.42. The van der Waals surface area contributed by atoms with Crippen molar-refractivity contribution in [2.75, 3.05) is 32.8 Å². The van der Waals surface area contributed by atoms with Crippen molar-refractivity contribution < 1.29 is 4.74 Å². The monoisotopic (exact) mass is 192 g/mol. The number of methoxy groups -OCH3 is 1. The number of fused-ring (bicyclic) bond motifs is 1. The number of likely N-dealkylation sites (N-methyl/N-ethyl adjacent to an activating group) is 1. The van der Waals surface area contributed by atoms with Crippen molar-refractivity contribution in [3.05, 3.63) is 23.8 Å². The third-order valence-corrected chi connectivity index (χ3v) is 2.84. The summed E-state index contributed by atoms with van der Waals surface area (Å²) in [5.74, 6) is 0.955. The van der Waals surface area contributed by atoms with Gasteiger partial charge in [-0.1, -0.05) is 12.1 Å². The van der Waals surface area contributed by atoms with Crippen LogP contribution in [0, 0.1) is 0 Å². The van der Waals surface area contributed by atoms with Crippen molar-refractivity contribution in [3.8, 4) is 5.75 Å². The van der Waals surface area contributed by atoms with Crippen LogP contribution in [0.1, 0.15) is 5.56 Å². The minimum absolute atomic E-state index is 0.955. The molecule has 0 fully saturated rings. The summed E-state index contributed by atoms with van der Waals surface area (Å²) in [4.78, 5) is 0. The second-order valence-corrected chi connectivity index (χ2v) is 3.62. The van der Waals surface area contributed by atoms with Crippen LogP contribution < -0.4 is 9.75 Å². The number of benzene rings is 1. The Labute approximate surface area is 84.9 Å². The maximum Gasteiger partial charge on any atom is 0.143 e. The van der Waals surface area contributed by atoms with Gasteiger partial charge in [-0.25, -0.2) is 5.01 Å². The smallest absolute Gasteiger partial charge is 0.143 e. The first-order valence-corrected chi connectivity index (χ1v) is 4.84. The molecule has 3 nitrogen and oxygen atoms in total. The number of anilines is 1. The van der Waals surface area contributed by atoms with Gasteiger partial charge in [-0.05, 0) is 18.1 Å².